The van der Waals surface area contributed by atoms with Gasteiger partial charge in [0.1, 0.15) is 11.6 Å². The normalized spacial score (nSPS) is 11.4. The van der Waals surface area contributed by atoms with Gasteiger partial charge in [-0.2, -0.15) is 0 Å². The van der Waals surface area contributed by atoms with E-state index in [1.54, 1.807) is 0 Å². The summed E-state index contributed by atoms with van der Waals surface area (Å²) in [4.78, 5) is 11.6. The lowest BCUT2D eigenvalue weighted by Gasteiger charge is -2.25. The molecule has 9 rings (SSSR count). The number of aromatic nitrogens is 2. The molecule has 0 aliphatic carbocycles. The first-order chi connectivity index (χ1) is 23.3. The molecule has 0 radical (unpaired) electrons. The molecule has 220 valence electrons. The summed E-state index contributed by atoms with van der Waals surface area (Å²) in [6.45, 7) is 0. The lowest BCUT2D eigenvalue weighted by atomic mass is 9.85. The Morgan fingerprint density at radius 1 is 0.340 bits per heavy atom. The summed E-state index contributed by atoms with van der Waals surface area (Å²) in [7, 11) is 0. The van der Waals surface area contributed by atoms with E-state index in [1.807, 2.05) is 48.8 Å². The van der Waals surface area contributed by atoms with Gasteiger partial charge in [0.25, 0.3) is 0 Å². The summed E-state index contributed by atoms with van der Waals surface area (Å²) in [6, 6.07) is 58.5. The van der Waals surface area contributed by atoms with Crippen molar-refractivity contribution in [1.82, 2.24) is 9.97 Å². The second-order valence-electron chi connectivity index (χ2n) is 11.9. The molecule has 0 aliphatic rings. The summed E-state index contributed by atoms with van der Waals surface area (Å²) in [5.41, 5.74) is 5.84. The highest BCUT2D eigenvalue weighted by Gasteiger charge is 2.21. The molecule has 0 atom stereocenters. The maximum absolute atomic E-state index is 4.76. The van der Waals surface area contributed by atoms with Crippen molar-refractivity contribution in [2.45, 2.75) is 0 Å². The topological polar surface area (TPSA) is 29.0 Å². The summed E-state index contributed by atoms with van der Waals surface area (Å²) < 4.78 is 0. The van der Waals surface area contributed by atoms with Crippen molar-refractivity contribution in [3.8, 4) is 22.3 Å². The number of anilines is 3. The van der Waals surface area contributed by atoms with E-state index in [2.05, 4.69) is 132 Å². The van der Waals surface area contributed by atoms with Crippen LogP contribution in [0.25, 0.3) is 65.3 Å². The Labute approximate surface area is 273 Å². The van der Waals surface area contributed by atoms with Crippen molar-refractivity contribution in [2.24, 2.45) is 0 Å². The van der Waals surface area contributed by atoms with Crippen LogP contribution in [-0.2, 0) is 0 Å². The van der Waals surface area contributed by atoms with Crippen molar-refractivity contribution < 1.29 is 0 Å². The molecular formula is C44H29N3. The Morgan fingerprint density at radius 2 is 0.809 bits per heavy atom. The van der Waals surface area contributed by atoms with Crippen LogP contribution in [0.1, 0.15) is 0 Å². The molecule has 9 aromatic rings. The zero-order valence-electron chi connectivity index (χ0n) is 25.6. The zero-order chi connectivity index (χ0) is 31.2. The van der Waals surface area contributed by atoms with Crippen molar-refractivity contribution in [1.29, 1.82) is 0 Å². The molecule has 3 heteroatoms. The van der Waals surface area contributed by atoms with E-state index < -0.39 is 0 Å². The SMILES string of the molecule is c1ccc(N(c2ccc3c(-c4ccc5ccccc5c4)c4ccccc4c(-c4ccc5ccccc5c4)c3c2)c2ccccn2)nc1. The molecule has 0 N–H and O–H groups in total. The lowest BCUT2D eigenvalue weighted by Crippen LogP contribution is -2.12. The molecular weight excluding hydrogens is 571 g/mol. The standard InChI is InChI=1S/C44H29N3/c1-3-13-32-27-34(21-19-30(32)11-1)43-37-15-5-6-16-38(37)44(35-22-20-31-12-2-4-14-33(31)28-35)40-29-36(23-24-39(40)43)47(41-17-7-9-25-45-41)42-18-8-10-26-46-42/h1-29H. The van der Waals surface area contributed by atoms with Crippen LogP contribution in [0.15, 0.2) is 176 Å². The van der Waals surface area contributed by atoms with Crippen LogP contribution in [-0.4, -0.2) is 9.97 Å². The minimum Gasteiger partial charge on any atom is -0.279 e. The molecule has 0 aliphatic heterocycles. The number of hydrogen-bond acceptors (Lipinski definition) is 3. The monoisotopic (exact) mass is 599 g/mol. The Balaban J connectivity index is 1.40. The first-order valence-electron chi connectivity index (χ1n) is 15.9. The molecule has 47 heavy (non-hydrogen) atoms. The molecule has 0 unspecified atom stereocenters. The van der Waals surface area contributed by atoms with Crippen LogP contribution in [0.4, 0.5) is 17.3 Å². The third-order valence-electron chi connectivity index (χ3n) is 9.10. The smallest absolute Gasteiger partial charge is 0.138 e. The second kappa shape index (κ2) is 11.2. The van der Waals surface area contributed by atoms with E-state index in [0.717, 1.165) is 17.3 Å². The fourth-order valence-electron chi connectivity index (χ4n) is 6.97. The van der Waals surface area contributed by atoms with Gasteiger partial charge in [0.15, 0.2) is 0 Å². The van der Waals surface area contributed by atoms with Gasteiger partial charge in [-0.25, -0.2) is 9.97 Å². The van der Waals surface area contributed by atoms with E-state index in [9.17, 15) is 0 Å². The predicted octanol–water partition coefficient (Wildman–Crippen LogP) is 11.9. The minimum atomic E-state index is 0.813. The fraction of sp³-hybridized carbons (Fsp3) is 0. The number of benzene rings is 7. The Kier molecular flexibility index (Phi) is 6.46. The third-order valence-corrected chi connectivity index (χ3v) is 9.10. The minimum absolute atomic E-state index is 0.813. The fourth-order valence-corrected chi connectivity index (χ4v) is 6.97. The van der Waals surface area contributed by atoms with Gasteiger partial charge in [-0.15, -0.1) is 0 Å². The quantitative estimate of drug-likeness (QED) is 0.184. The van der Waals surface area contributed by atoms with Gasteiger partial charge in [0.2, 0.25) is 0 Å². The average molecular weight is 600 g/mol. The summed E-state index contributed by atoms with van der Waals surface area (Å²) in [5, 5.41) is 9.75. The maximum Gasteiger partial charge on any atom is 0.138 e. The molecule has 0 fully saturated rings. The van der Waals surface area contributed by atoms with Gasteiger partial charge in [-0.05, 0) is 114 Å². The highest BCUT2D eigenvalue weighted by molar-refractivity contribution is 6.22. The molecule has 2 aromatic heterocycles. The largest absolute Gasteiger partial charge is 0.279 e. The number of pyridine rings is 2. The first-order valence-corrected chi connectivity index (χ1v) is 15.9. The van der Waals surface area contributed by atoms with Crippen LogP contribution >= 0.6 is 0 Å². The van der Waals surface area contributed by atoms with Crippen LogP contribution < -0.4 is 4.90 Å². The van der Waals surface area contributed by atoms with Gasteiger partial charge in [-0.3, -0.25) is 4.90 Å². The summed E-state index contributed by atoms with van der Waals surface area (Å²) >= 11 is 0. The Hall–Kier alpha value is -6.32. The zero-order valence-corrected chi connectivity index (χ0v) is 25.6. The van der Waals surface area contributed by atoms with Gasteiger partial charge in [-0.1, -0.05) is 115 Å². The lowest BCUT2D eigenvalue weighted by molar-refractivity contribution is 1.13. The maximum atomic E-state index is 4.76. The Morgan fingerprint density at radius 3 is 1.34 bits per heavy atom. The van der Waals surface area contributed by atoms with Crippen molar-refractivity contribution >= 4 is 60.4 Å². The van der Waals surface area contributed by atoms with E-state index in [4.69, 9.17) is 9.97 Å². The molecule has 7 aromatic carbocycles. The highest BCUT2D eigenvalue weighted by Crippen LogP contribution is 2.46. The number of nitrogens with zero attached hydrogens (tertiary/aromatic N) is 3. The van der Waals surface area contributed by atoms with Gasteiger partial charge >= 0.3 is 0 Å². The van der Waals surface area contributed by atoms with Crippen LogP contribution in [0.2, 0.25) is 0 Å². The van der Waals surface area contributed by atoms with Gasteiger partial charge in [0.05, 0.1) is 0 Å². The van der Waals surface area contributed by atoms with E-state index in [0.29, 0.717) is 0 Å². The molecule has 2 heterocycles. The average Bonchev–Trinajstić information content (AvgIpc) is 3.14. The Bertz CT molecular complexity index is 2540. The van der Waals surface area contributed by atoms with Crippen molar-refractivity contribution in [3.63, 3.8) is 0 Å². The van der Waals surface area contributed by atoms with Crippen LogP contribution in [0.3, 0.4) is 0 Å². The summed E-state index contributed by atoms with van der Waals surface area (Å²) in [6.07, 6.45) is 3.66. The predicted molar refractivity (Wildman–Crippen MR) is 198 cm³/mol. The molecule has 0 saturated carbocycles. The molecule has 0 bridgehead atoms. The number of rotatable bonds is 5. The van der Waals surface area contributed by atoms with Crippen LogP contribution in [0, 0.1) is 0 Å². The molecule has 3 nitrogen and oxygen atoms in total. The third kappa shape index (κ3) is 4.68. The van der Waals surface area contributed by atoms with E-state index in [1.165, 1.54) is 65.3 Å². The van der Waals surface area contributed by atoms with Gasteiger partial charge in [0, 0.05) is 18.1 Å². The van der Waals surface area contributed by atoms with Crippen molar-refractivity contribution in [3.05, 3.63) is 176 Å². The van der Waals surface area contributed by atoms with Crippen LogP contribution in [0.5, 0.6) is 0 Å². The van der Waals surface area contributed by atoms with E-state index >= 15 is 0 Å². The van der Waals surface area contributed by atoms with E-state index in [-0.39, 0.29) is 0 Å². The molecule has 0 amide bonds. The highest BCUT2D eigenvalue weighted by atomic mass is 15.2. The van der Waals surface area contributed by atoms with Crippen molar-refractivity contribution in [2.75, 3.05) is 4.90 Å². The summed E-state index contributed by atoms with van der Waals surface area (Å²) in [5.74, 6) is 1.63. The molecule has 0 spiro atoms. The first kappa shape index (κ1) is 27.0. The van der Waals surface area contributed by atoms with Gasteiger partial charge < -0.3 is 0 Å². The number of hydrogen-bond donors (Lipinski definition) is 0. The molecule has 0 saturated heterocycles. The second-order valence-corrected chi connectivity index (χ2v) is 11.9. The number of fused-ring (bicyclic) bond motifs is 4.